The molecule has 1 N–H and O–H groups in total. The summed E-state index contributed by atoms with van der Waals surface area (Å²) >= 11 is 3.16. The number of hydrogen-bond acceptors (Lipinski definition) is 5. The summed E-state index contributed by atoms with van der Waals surface area (Å²) in [5.74, 6) is 0.194. The molecule has 0 aliphatic rings. The summed E-state index contributed by atoms with van der Waals surface area (Å²) in [5.41, 5.74) is 1.53. The molecule has 2 rings (SSSR count). The van der Waals surface area contributed by atoms with E-state index in [-0.39, 0.29) is 11.5 Å². The van der Waals surface area contributed by atoms with E-state index in [1.807, 2.05) is 13.0 Å². The molecular formula is C11H9BrN4O2. The molecule has 6 nitrogen and oxygen atoms in total. The van der Waals surface area contributed by atoms with Gasteiger partial charge in [0.2, 0.25) is 5.82 Å². The molecule has 0 amide bonds. The molecule has 0 unspecified atom stereocenters. The summed E-state index contributed by atoms with van der Waals surface area (Å²) in [6, 6.07) is 3.22. The Morgan fingerprint density at radius 3 is 2.89 bits per heavy atom. The Labute approximate surface area is 111 Å². The highest BCUT2D eigenvalue weighted by Crippen LogP contribution is 2.28. The van der Waals surface area contributed by atoms with Gasteiger partial charge in [-0.2, -0.15) is 0 Å². The van der Waals surface area contributed by atoms with Crippen LogP contribution in [0.1, 0.15) is 5.56 Å². The normalized spacial score (nSPS) is 10.1. The zero-order valence-electron chi connectivity index (χ0n) is 9.42. The van der Waals surface area contributed by atoms with Gasteiger partial charge in [-0.05, 0) is 34.5 Å². The van der Waals surface area contributed by atoms with E-state index in [2.05, 4.69) is 31.2 Å². The third-order valence-electron chi connectivity index (χ3n) is 2.32. The number of nitro groups is 1. The van der Waals surface area contributed by atoms with Crippen LogP contribution < -0.4 is 5.32 Å². The second kappa shape index (κ2) is 5.09. The van der Waals surface area contributed by atoms with Crippen LogP contribution in [0, 0.1) is 17.0 Å². The number of aryl methyl sites for hydroxylation is 1. The van der Waals surface area contributed by atoms with Gasteiger partial charge in [0, 0.05) is 22.9 Å². The van der Waals surface area contributed by atoms with Gasteiger partial charge < -0.3 is 5.32 Å². The van der Waals surface area contributed by atoms with E-state index < -0.39 is 4.92 Å². The number of hydrogen-bond donors (Lipinski definition) is 1. The number of anilines is 2. The van der Waals surface area contributed by atoms with Gasteiger partial charge in [-0.3, -0.25) is 15.1 Å². The van der Waals surface area contributed by atoms with Crippen LogP contribution in [0.15, 0.2) is 35.2 Å². The van der Waals surface area contributed by atoms with Crippen molar-refractivity contribution in [3.05, 3.63) is 50.9 Å². The van der Waals surface area contributed by atoms with Crippen molar-refractivity contribution in [3.8, 4) is 0 Å². The fourth-order valence-electron chi connectivity index (χ4n) is 1.39. The molecule has 0 atom stereocenters. The van der Waals surface area contributed by atoms with Gasteiger partial charge in [0.05, 0.1) is 16.8 Å². The fraction of sp³-hybridized carbons (Fsp3) is 0.0909. The third kappa shape index (κ3) is 2.62. The first kappa shape index (κ1) is 12.4. The minimum Gasteiger partial charge on any atom is -0.333 e. The fourth-order valence-corrected chi connectivity index (χ4v) is 1.71. The van der Waals surface area contributed by atoms with Crippen LogP contribution in [0.2, 0.25) is 0 Å². The van der Waals surface area contributed by atoms with Gasteiger partial charge in [0.25, 0.3) is 0 Å². The average Bonchev–Trinajstić information content (AvgIpc) is 2.34. The molecule has 0 radical (unpaired) electrons. The minimum atomic E-state index is -0.480. The first-order valence-electron chi connectivity index (χ1n) is 5.05. The Kier molecular flexibility index (Phi) is 3.52. The largest absolute Gasteiger partial charge is 0.333 e. The van der Waals surface area contributed by atoms with Gasteiger partial charge >= 0.3 is 5.69 Å². The smallest absolute Gasteiger partial charge is 0.312 e. The summed E-state index contributed by atoms with van der Waals surface area (Å²) in [7, 11) is 0. The lowest BCUT2D eigenvalue weighted by Crippen LogP contribution is -2.01. The minimum absolute atomic E-state index is 0.0902. The monoisotopic (exact) mass is 308 g/mol. The van der Waals surface area contributed by atoms with Gasteiger partial charge in [0.15, 0.2) is 0 Å². The first-order chi connectivity index (χ1) is 8.58. The van der Waals surface area contributed by atoms with E-state index in [9.17, 15) is 10.1 Å². The molecule has 0 saturated carbocycles. The van der Waals surface area contributed by atoms with E-state index in [0.717, 1.165) is 5.56 Å². The second-order valence-electron chi connectivity index (χ2n) is 3.59. The van der Waals surface area contributed by atoms with Gasteiger partial charge in [-0.25, -0.2) is 4.98 Å². The predicted octanol–water partition coefficient (Wildman–Crippen LogP) is 3.20. The molecule has 0 aliphatic heterocycles. The maximum Gasteiger partial charge on any atom is 0.312 e. The van der Waals surface area contributed by atoms with Crippen molar-refractivity contribution in [2.45, 2.75) is 6.92 Å². The number of aromatic nitrogens is 2. The Morgan fingerprint density at radius 2 is 2.22 bits per heavy atom. The SMILES string of the molecule is Cc1ccncc1Nc1ncc(Br)cc1[N+](=O)[O-]. The Balaban J connectivity index is 2.41. The highest BCUT2D eigenvalue weighted by molar-refractivity contribution is 9.10. The first-order valence-corrected chi connectivity index (χ1v) is 5.85. The molecule has 0 aliphatic carbocycles. The summed E-state index contributed by atoms with van der Waals surface area (Å²) in [6.07, 6.45) is 4.76. The van der Waals surface area contributed by atoms with Crippen LogP contribution in [0.4, 0.5) is 17.2 Å². The number of nitrogens with zero attached hydrogens (tertiary/aromatic N) is 3. The maximum atomic E-state index is 10.9. The van der Waals surface area contributed by atoms with E-state index in [1.54, 1.807) is 12.4 Å². The molecular weight excluding hydrogens is 300 g/mol. The quantitative estimate of drug-likeness (QED) is 0.695. The van der Waals surface area contributed by atoms with Gasteiger partial charge in [-0.1, -0.05) is 0 Å². The van der Waals surface area contributed by atoms with E-state index in [1.165, 1.54) is 12.3 Å². The highest BCUT2D eigenvalue weighted by Gasteiger charge is 2.16. The van der Waals surface area contributed by atoms with E-state index in [0.29, 0.717) is 10.2 Å². The molecule has 18 heavy (non-hydrogen) atoms. The molecule has 0 saturated heterocycles. The maximum absolute atomic E-state index is 10.9. The number of rotatable bonds is 3. The van der Waals surface area contributed by atoms with Crippen molar-refractivity contribution < 1.29 is 4.92 Å². The Morgan fingerprint density at radius 1 is 1.44 bits per heavy atom. The molecule has 2 aromatic rings. The number of nitrogens with one attached hydrogen (secondary N) is 1. The highest BCUT2D eigenvalue weighted by atomic mass is 79.9. The van der Waals surface area contributed by atoms with Crippen molar-refractivity contribution in [1.29, 1.82) is 0 Å². The molecule has 2 aromatic heterocycles. The second-order valence-corrected chi connectivity index (χ2v) is 4.51. The van der Waals surface area contributed by atoms with Crippen LogP contribution in [0.5, 0.6) is 0 Å². The molecule has 92 valence electrons. The lowest BCUT2D eigenvalue weighted by molar-refractivity contribution is -0.384. The van der Waals surface area contributed by atoms with E-state index in [4.69, 9.17) is 0 Å². The standard InChI is InChI=1S/C11H9BrN4O2/c1-7-2-3-13-6-9(7)15-11-10(16(17)18)4-8(12)5-14-11/h2-6H,1H3,(H,14,15). The van der Waals surface area contributed by atoms with Crippen molar-refractivity contribution in [2.24, 2.45) is 0 Å². The molecule has 7 heteroatoms. The van der Waals surface area contributed by atoms with Crippen molar-refractivity contribution >= 4 is 33.1 Å². The average molecular weight is 309 g/mol. The van der Waals surface area contributed by atoms with Crippen LogP contribution in [-0.4, -0.2) is 14.9 Å². The molecule has 0 fully saturated rings. The van der Waals surface area contributed by atoms with Crippen molar-refractivity contribution in [1.82, 2.24) is 9.97 Å². The summed E-state index contributed by atoms with van der Waals surface area (Å²) in [4.78, 5) is 18.4. The van der Waals surface area contributed by atoms with Crippen LogP contribution in [0.3, 0.4) is 0 Å². The Hall–Kier alpha value is -2.02. The lowest BCUT2D eigenvalue weighted by atomic mass is 10.2. The van der Waals surface area contributed by atoms with E-state index >= 15 is 0 Å². The van der Waals surface area contributed by atoms with Gasteiger partial charge in [-0.15, -0.1) is 0 Å². The molecule has 0 aromatic carbocycles. The van der Waals surface area contributed by atoms with Crippen molar-refractivity contribution in [2.75, 3.05) is 5.32 Å². The zero-order chi connectivity index (χ0) is 13.1. The van der Waals surface area contributed by atoms with Crippen LogP contribution in [0.25, 0.3) is 0 Å². The summed E-state index contributed by atoms with van der Waals surface area (Å²) < 4.78 is 0.558. The molecule has 0 spiro atoms. The number of pyridine rings is 2. The predicted molar refractivity (Wildman–Crippen MR) is 70.8 cm³/mol. The third-order valence-corrected chi connectivity index (χ3v) is 2.76. The topological polar surface area (TPSA) is 81.0 Å². The van der Waals surface area contributed by atoms with Crippen molar-refractivity contribution in [3.63, 3.8) is 0 Å². The molecule has 2 heterocycles. The van der Waals surface area contributed by atoms with Crippen LogP contribution in [-0.2, 0) is 0 Å². The Bertz CT molecular complexity index is 603. The number of halogens is 1. The summed E-state index contributed by atoms with van der Waals surface area (Å²) in [5, 5.41) is 13.9. The van der Waals surface area contributed by atoms with Gasteiger partial charge in [0.1, 0.15) is 0 Å². The zero-order valence-corrected chi connectivity index (χ0v) is 11.0. The van der Waals surface area contributed by atoms with Crippen LogP contribution >= 0.6 is 15.9 Å². The summed E-state index contributed by atoms with van der Waals surface area (Å²) in [6.45, 7) is 1.88. The lowest BCUT2D eigenvalue weighted by Gasteiger charge is -2.08. The molecule has 0 bridgehead atoms.